The lowest BCUT2D eigenvalue weighted by Gasteiger charge is -2.19. The molecule has 2 heterocycles. The molecule has 1 N–H and O–H groups in total. The molecule has 0 spiro atoms. The van der Waals surface area contributed by atoms with Gasteiger partial charge in [0.2, 0.25) is 17.6 Å². The molecular formula is C21H30N4O3. The summed E-state index contributed by atoms with van der Waals surface area (Å²) in [7, 11) is 1.63. The van der Waals surface area contributed by atoms with Crippen LogP contribution in [-0.4, -0.2) is 54.2 Å². The number of nitrogens with zero attached hydrogens (tertiary/aromatic N) is 3. The van der Waals surface area contributed by atoms with Gasteiger partial charge in [0.25, 0.3) is 0 Å². The van der Waals surface area contributed by atoms with E-state index in [1.807, 2.05) is 24.3 Å². The van der Waals surface area contributed by atoms with E-state index in [0.29, 0.717) is 31.0 Å². The van der Waals surface area contributed by atoms with Crippen LogP contribution in [0.4, 0.5) is 0 Å². The highest BCUT2D eigenvalue weighted by Crippen LogP contribution is 2.20. The lowest BCUT2D eigenvalue weighted by atomic mass is 10.2. The molecule has 0 radical (unpaired) electrons. The van der Waals surface area contributed by atoms with E-state index < -0.39 is 0 Å². The number of carbonyl (C=O) groups excluding carboxylic acids is 1. The van der Waals surface area contributed by atoms with Crippen molar-refractivity contribution in [1.29, 1.82) is 0 Å². The predicted octanol–water partition coefficient (Wildman–Crippen LogP) is 3.06. The van der Waals surface area contributed by atoms with Gasteiger partial charge >= 0.3 is 0 Å². The first kappa shape index (κ1) is 20.3. The van der Waals surface area contributed by atoms with E-state index >= 15 is 0 Å². The van der Waals surface area contributed by atoms with Gasteiger partial charge in [0.1, 0.15) is 5.75 Å². The highest BCUT2D eigenvalue weighted by Gasteiger charge is 2.11. The fourth-order valence-electron chi connectivity index (χ4n) is 3.42. The number of benzene rings is 1. The smallest absolute Gasteiger partial charge is 0.226 e. The molecule has 1 amide bonds. The van der Waals surface area contributed by atoms with Crippen molar-refractivity contribution in [2.75, 3.05) is 33.3 Å². The third kappa shape index (κ3) is 6.34. The number of rotatable bonds is 9. The van der Waals surface area contributed by atoms with Gasteiger partial charge in [-0.05, 0) is 56.6 Å². The summed E-state index contributed by atoms with van der Waals surface area (Å²) in [6.45, 7) is 3.98. The molecule has 0 aliphatic carbocycles. The van der Waals surface area contributed by atoms with Crippen molar-refractivity contribution in [3.8, 4) is 17.1 Å². The van der Waals surface area contributed by atoms with Gasteiger partial charge in [0.05, 0.1) is 7.11 Å². The number of nitrogens with one attached hydrogen (secondary N) is 1. The van der Waals surface area contributed by atoms with Crippen LogP contribution in [0.1, 0.15) is 44.4 Å². The predicted molar refractivity (Wildman–Crippen MR) is 107 cm³/mol. The van der Waals surface area contributed by atoms with E-state index in [0.717, 1.165) is 37.5 Å². The largest absolute Gasteiger partial charge is 0.497 e. The number of aryl methyl sites for hydroxylation is 1. The van der Waals surface area contributed by atoms with Crippen LogP contribution in [0.3, 0.4) is 0 Å². The zero-order chi connectivity index (χ0) is 19.6. The summed E-state index contributed by atoms with van der Waals surface area (Å²) in [6, 6.07) is 7.51. The number of amides is 1. The van der Waals surface area contributed by atoms with Crippen LogP contribution in [0, 0.1) is 0 Å². The van der Waals surface area contributed by atoms with Gasteiger partial charge in [-0.1, -0.05) is 18.0 Å². The molecule has 1 aliphatic rings. The summed E-state index contributed by atoms with van der Waals surface area (Å²) in [5.74, 6) is 1.99. The summed E-state index contributed by atoms with van der Waals surface area (Å²) in [4.78, 5) is 18.9. The summed E-state index contributed by atoms with van der Waals surface area (Å²) >= 11 is 0. The minimum absolute atomic E-state index is 0.0877. The molecule has 1 aromatic carbocycles. The summed E-state index contributed by atoms with van der Waals surface area (Å²) in [5, 5.41) is 7.04. The summed E-state index contributed by atoms with van der Waals surface area (Å²) in [6.07, 6.45) is 6.98. The molecule has 0 bridgehead atoms. The third-order valence-electron chi connectivity index (χ3n) is 5.06. The van der Waals surface area contributed by atoms with Crippen LogP contribution in [0.5, 0.6) is 5.75 Å². The van der Waals surface area contributed by atoms with Crippen LogP contribution in [0.25, 0.3) is 11.4 Å². The Labute approximate surface area is 166 Å². The highest BCUT2D eigenvalue weighted by molar-refractivity contribution is 5.75. The zero-order valence-electron chi connectivity index (χ0n) is 16.7. The van der Waals surface area contributed by atoms with E-state index in [2.05, 4.69) is 20.4 Å². The normalized spacial score (nSPS) is 15.2. The second kappa shape index (κ2) is 10.8. The lowest BCUT2D eigenvalue weighted by Crippen LogP contribution is -2.35. The first-order chi connectivity index (χ1) is 13.7. The number of ether oxygens (including phenoxy) is 1. The highest BCUT2D eigenvalue weighted by atomic mass is 16.5. The SMILES string of the molecule is COc1ccc(-c2noc(CCCC(=O)NCCN3CCCCCC3)n2)cc1. The molecule has 7 nitrogen and oxygen atoms in total. The van der Waals surface area contributed by atoms with Gasteiger partial charge < -0.3 is 19.5 Å². The average Bonchev–Trinajstić information content (AvgIpc) is 3.03. The number of likely N-dealkylation sites (tertiary alicyclic amines) is 1. The average molecular weight is 386 g/mol. The number of carbonyl (C=O) groups is 1. The molecule has 1 aromatic heterocycles. The van der Waals surface area contributed by atoms with E-state index in [1.165, 1.54) is 25.7 Å². The zero-order valence-corrected chi connectivity index (χ0v) is 16.7. The number of hydrogen-bond donors (Lipinski definition) is 1. The van der Waals surface area contributed by atoms with Crippen LogP contribution >= 0.6 is 0 Å². The maximum absolute atomic E-state index is 12.0. The first-order valence-electron chi connectivity index (χ1n) is 10.2. The van der Waals surface area contributed by atoms with Crippen LogP contribution in [-0.2, 0) is 11.2 Å². The first-order valence-corrected chi connectivity index (χ1v) is 10.2. The molecule has 28 heavy (non-hydrogen) atoms. The molecule has 1 aliphatic heterocycles. The molecule has 2 aromatic rings. The fraction of sp³-hybridized carbons (Fsp3) is 0.571. The minimum Gasteiger partial charge on any atom is -0.497 e. The van der Waals surface area contributed by atoms with Gasteiger partial charge in [-0.3, -0.25) is 4.79 Å². The molecule has 7 heteroatoms. The monoisotopic (exact) mass is 386 g/mol. The second-order valence-electron chi connectivity index (χ2n) is 7.20. The second-order valence-corrected chi connectivity index (χ2v) is 7.20. The number of methoxy groups -OCH3 is 1. The topological polar surface area (TPSA) is 80.5 Å². The van der Waals surface area contributed by atoms with Crippen molar-refractivity contribution in [1.82, 2.24) is 20.4 Å². The van der Waals surface area contributed by atoms with Crippen molar-refractivity contribution in [3.63, 3.8) is 0 Å². The van der Waals surface area contributed by atoms with Crippen LogP contribution in [0.2, 0.25) is 0 Å². The Balaban J connectivity index is 1.34. The fourth-order valence-corrected chi connectivity index (χ4v) is 3.42. The summed E-state index contributed by atoms with van der Waals surface area (Å²) < 4.78 is 10.4. The van der Waals surface area contributed by atoms with Gasteiger partial charge in [-0.15, -0.1) is 0 Å². The molecule has 1 saturated heterocycles. The van der Waals surface area contributed by atoms with E-state index in [-0.39, 0.29) is 5.91 Å². The Morgan fingerprint density at radius 1 is 1.18 bits per heavy atom. The molecule has 152 valence electrons. The van der Waals surface area contributed by atoms with E-state index in [1.54, 1.807) is 7.11 Å². The Morgan fingerprint density at radius 2 is 1.93 bits per heavy atom. The van der Waals surface area contributed by atoms with Crippen molar-refractivity contribution in [2.45, 2.75) is 44.9 Å². The Morgan fingerprint density at radius 3 is 2.64 bits per heavy atom. The third-order valence-corrected chi connectivity index (χ3v) is 5.06. The molecule has 0 unspecified atom stereocenters. The van der Waals surface area contributed by atoms with Gasteiger partial charge in [-0.2, -0.15) is 4.98 Å². The number of hydrogen-bond acceptors (Lipinski definition) is 6. The van der Waals surface area contributed by atoms with E-state index in [9.17, 15) is 4.79 Å². The molecule has 3 rings (SSSR count). The Hall–Kier alpha value is -2.41. The molecular weight excluding hydrogens is 356 g/mol. The standard InChI is InChI=1S/C21H30N4O3/c1-27-18-11-9-17(10-12-18)21-23-20(28-24-21)8-6-7-19(26)22-13-16-25-14-4-2-3-5-15-25/h9-12H,2-8,13-16H2,1H3,(H,22,26). The van der Waals surface area contributed by atoms with Crippen molar-refractivity contribution in [2.24, 2.45) is 0 Å². The van der Waals surface area contributed by atoms with Crippen molar-refractivity contribution in [3.05, 3.63) is 30.2 Å². The van der Waals surface area contributed by atoms with Crippen molar-refractivity contribution >= 4 is 5.91 Å². The van der Waals surface area contributed by atoms with Gasteiger partial charge in [0, 0.05) is 31.5 Å². The minimum atomic E-state index is 0.0877. The maximum Gasteiger partial charge on any atom is 0.226 e. The lowest BCUT2D eigenvalue weighted by molar-refractivity contribution is -0.121. The Kier molecular flexibility index (Phi) is 7.84. The molecule has 1 fully saturated rings. The van der Waals surface area contributed by atoms with E-state index in [4.69, 9.17) is 9.26 Å². The van der Waals surface area contributed by atoms with Gasteiger partial charge in [-0.25, -0.2) is 0 Å². The van der Waals surface area contributed by atoms with Crippen molar-refractivity contribution < 1.29 is 14.1 Å². The Bertz CT molecular complexity index is 722. The van der Waals surface area contributed by atoms with Crippen LogP contribution < -0.4 is 10.1 Å². The molecule has 0 saturated carbocycles. The quantitative estimate of drug-likeness (QED) is 0.713. The van der Waals surface area contributed by atoms with Crippen LogP contribution in [0.15, 0.2) is 28.8 Å². The van der Waals surface area contributed by atoms with Gasteiger partial charge in [0.15, 0.2) is 0 Å². The maximum atomic E-state index is 12.0. The molecule has 0 atom stereocenters. The summed E-state index contributed by atoms with van der Waals surface area (Å²) in [5.41, 5.74) is 0.877. The number of aromatic nitrogens is 2.